The van der Waals surface area contributed by atoms with Gasteiger partial charge < -0.3 is 0 Å². The second-order valence-corrected chi connectivity index (χ2v) is 3.60. The molecule has 0 aromatic carbocycles. The fourth-order valence-electron chi connectivity index (χ4n) is 2.22. The summed E-state index contributed by atoms with van der Waals surface area (Å²) >= 11 is 0. The molecule has 0 spiro atoms. The number of allylic oxidation sites excluding steroid dienone is 2. The molecule has 0 N–H and O–H groups in total. The first-order valence-corrected chi connectivity index (χ1v) is 4.04. The van der Waals surface area contributed by atoms with Gasteiger partial charge in [-0.2, -0.15) is 0 Å². The number of rotatable bonds is 0. The topological polar surface area (TPSA) is 0 Å². The lowest BCUT2D eigenvalue weighted by atomic mass is 9.70. The third kappa shape index (κ3) is 0.810. The number of hydrogen-bond donors (Lipinski definition) is 0. The smallest absolute Gasteiger partial charge is 0.0207 e. The summed E-state index contributed by atoms with van der Waals surface area (Å²) in [7, 11) is 0. The number of fused-ring (bicyclic) bond motifs is 2. The molecule has 0 amide bonds. The quantitative estimate of drug-likeness (QED) is 0.433. The van der Waals surface area contributed by atoms with Gasteiger partial charge >= 0.3 is 0 Å². The van der Waals surface area contributed by atoms with Crippen LogP contribution < -0.4 is 0 Å². The van der Waals surface area contributed by atoms with Gasteiger partial charge in [-0.1, -0.05) is 19.1 Å². The summed E-state index contributed by atoms with van der Waals surface area (Å²) < 4.78 is 0. The van der Waals surface area contributed by atoms with E-state index in [9.17, 15) is 0 Å². The average Bonchev–Trinajstić information content (AvgIpc) is 1.90. The third-order valence-corrected chi connectivity index (χ3v) is 2.91. The minimum atomic E-state index is 0.940. The van der Waals surface area contributed by atoms with Gasteiger partial charge in [-0.25, -0.2) is 0 Å². The SMILES string of the molecule is C[C@H]1C[C@@H]2C=C[C@H]1CC2. The predicted octanol–water partition coefficient (Wildman–Crippen LogP) is 2.61. The van der Waals surface area contributed by atoms with Crippen molar-refractivity contribution in [3.8, 4) is 0 Å². The Bertz CT molecular complexity index is 135. The molecule has 3 atom stereocenters. The maximum Gasteiger partial charge on any atom is -0.0207 e. The van der Waals surface area contributed by atoms with Crippen LogP contribution in [0.2, 0.25) is 0 Å². The van der Waals surface area contributed by atoms with E-state index in [2.05, 4.69) is 19.1 Å². The maximum absolute atomic E-state index is 2.43. The number of hydrogen-bond acceptors (Lipinski definition) is 0. The van der Waals surface area contributed by atoms with Gasteiger partial charge in [0, 0.05) is 0 Å². The van der Waals surface area contributed by atoms with Crippen molar-refractivity contribution in [2.75, 3.05) is 0 Å². The highest BCUT2D eigenvalue weighted by Crippen LogP contribution is 2.39. The summed E-state index contributed by atoms with van der Waals surface area (Å²) in [6.45, 7) is 2.39. The van der Waals surface area contributed by atoms with E-state index in [4.69, 9.17) is 0 Å². The van der Waals surface area contributed by atoms with Gasteiger partial charge in [0.25, 0.3) is 0 Å². The van der Waals surface area contributed by atoms with E-state index in [-0.39, 0.29) is 0 Å². The molecule has 2 bridgehead atoms. The monoisotopic (exact) mass is 122 g/mol. The molecule has 0 aliphatic heterocycles. The Morgan fingerprint density at radius 3 is 2.33 bits per heavy atom. The van der Waals surface area contributed by atoms with E-state index in [0.717, 1.165) is 17.8 Å². The lowest BCUT2D eigenvalue weighted by Gasteiger charge is -2.35. The van der Waals surface area contributed by atoms with E-state index in [1.54, 1.807) is 0 Å². The van der Waals surface area contributed by atoms with E-state index in [1.165, 1.54) is 19.3 Å². The molecule has 3 aliphatic rings. The van der Waals surface area contributed by atoms with Crippen LogP contribution in [-0.4, -0.2) is 0 Å². The van der Waals surface area contributed by atoms with Crippen LogP contribution in [0.5, 0.6) is 0 Å². The van der Waals surface area contributed by atoms with Crippen molar-refractivity contribution >= 4 is 0 Å². The molecule has 0 nitrogen and oxygen atoms in total. The summed E-state index contributed by atoms with van der Waals surface area (Å²) in [5.41, 5.74) is 0. The molecule has 0 unspecified atom stereocenters. The van der Waals surface area contributed by atoms with E-state index in [1.807, 2.05) is 0 Å². The molecule has 3 aliphatic carbocycles. The van der Waals surface area contributed by atoms with Crippen LogP contribution in [0.3, 0.4) is 0 Å². The van der Waals surface area contributed by atoms with Crippen molar-refractivity contribution in [3.05, 3.63) is 12.2 Å². The Kier molecular flexibility index (Phi) is 1.14. The Hall–Kier alpha value is -0.260. The zero-order valence-electron chi connectivity index (χ0n) is 6.01. The Morgan fingerprint density at radius 1 is 1.22 bits per heavy atom. The fraction of sp³-hybridized carbons (Fsp3) is 0.778. The Morgan fingerprint density at radius 2 is 2.11 bits per heavy atom. The van der Waals surface area contributed by atoms with Crippen molar-refractivity contribution < 1.29 is 0 Å². The molecule has 1 fully saturated rings. The van der Waals surface area contributed by atoms with Gasteiger partial charge in [0.05, 0.1) is 0 Å². The van der Waals surface area contributed by atoms with Crippen molar-refractivity contribution in [3.63, 3.8) is 0 Å². The Balaban J connectivity index is 2.20. The first kappa shape index (κ1) is 5.52. The van der Waals surface area contributed by atoms with E-state index in [0.29, 0.717) is 0 Å². The van der Waals surface area contributed by atoms with Crippen LogP contribution >= 0.6 is 0 Å². The van der Waals surface area contributed by atoms with Crippen molar-refractivity contribution in [1.82, 2.24) is 0 Å². The lowest BCUT2D eigenvalue weighted by Crippen LogP contribution is -2.24. The van der Waals surface area contributed by atoms with Gasteiger partial charge in [-0.05, 0) is 37.0 Å². The van der Waals surface area contributed by atoms with E-state index < -0.39 is 0 Å². The second kappa shape index (κ2) is 1.86. The Labute approximate surface area is 57.0 Å². The first-order chi connectivity index (χ1) is 4.36. The molecule has 0 heterocycles. The van der Waals surface area contributed by atoms with Crippen LogP contribution in [0.4, 0.5) is 0 Å². The molecule has 3 rings (SSSR count). The second-order valence-electron chi connectivity index (χ2n) is 3.60. The minimum absolute atomic E-state index is 0.940. The van der Waals surface area contributed by atoms with Crippen LogP contribution in [0, 0.1) is 17.8 Å². The molecular weight excluding hydrogens is 108 g/mol. The zero-order valence-corrected chi connectivity index (χ0v) is 6.01. The summed E-state index contributed by atoms with van der Waals surface area (Å²) in [6, 6.07) is 0. The van der Waals surface area contributed by atoms with Crippen molar-refractivity contribution in [1.29, 1.82) is 0 Å². The molecule has 9 heavy (non-hydrogen) atoms. The lowest BCUT2D eigenvalue weighted by molar-refractivity contribution is 0.238. The molecule has 50 valence electrons. The van der Waals surface area contributed by atoms with Crippen molar-refractivity contribution in [2.24, 2.45) is 17.8 Å². The van der Waals surface area contributed by atoms with E-state index >= 15 is 0 Å². The highest BCUT2D eigenvalue weighted by Gasteiger charge is 2.28. The largest absolute Gasteiger partial charge is 0.0851 e. The van der Waals surface area contributed by atoms with Crippen LogP contribution in [0.25, 0.3) is 0 Å². The van der Waals surface area contributed by atoms with Gasteiger partial charge in [-0.3, -0.25) is 0 Å². The maximum atomic E-state index is 2.43. The fourth-order valence-corrected chi connectivity index (χ4v) is 2.22. The van der Waals surface area contributed by atoms with Crippen molar-refractivity contribution in [2.45, 2.75) is 26.2 Å². The summed E-state index contributed by atoms with van der Waals surface area (Å²) in [5, 5.41) is 0. The summed E-state index contributed by atoms with van der Waals surface area (Å²) in [6.07, 6.45) is 9.24. The standard InChI is InChI=1S/C9H14/c1-7-6-8-2-4-9(7)5-3-8/h2,4,7-9H,3,5-6H2,1H3/t7-,8+,9-/m0/s1. The zero-order chi connectivity index (χ0) is 6.27. The van der Waals surface area contributed by atoms with Gasteiger partial charge in [0.15, 0.2) is 0 Å². The minimum Gasteiger partial charge on any atom is -0.0851 e. The summed E-state index contributed by atoms with van der Waals surface area (Å²) in [4.78, 5) is 0. The molecule has 0 saturated heterocycles. The van der Waals surface area contributed by atoms with Gasteiger partial charge in [0.1, 0.15) is 0 Å². The van der Waals surface area contributed by atoms with Gasteiger partial charge in [0.2, 0.25) is 0 Å². The molecular formula is C9H14. The van der Waals surface area contributed by atoms with Crippen LogP contribution in [0.15, 0.2) is 12.2 Å². The molecule has 1 saturated carbocycles. The molecule has 0 heteroatoms. The third-order valence-electron chi connectivity index (χ3n) is 2.91. The van der Waals surface area contributed by atoms with Crippen LogP contribution in [0.1, 0.15) is 26.2 Å². The highest BCUT2D eigenvalue weighted by atomic mass is 14.3. The van der Waals surface area contributed by atoms with Gasteiger partial charge in [-0.15, -0.1) is 0 Å². The first-order valence-electron chi connectivity index (χ1n) is 4.04. The molecule has 0 aromatic heterocycles. The molecule has 0 radical (unpaired) electrons. The average molecular weight is 122 g/mol. The predicted molar refractivity (Wildman–Crippen MR) is 39.1 cm³/mol. The molecule has 0 aromatic rings. The van der Waals surface area contributed by atoms with Crippen LogP contribution in [-0.2, 0) is 0 Å². The highest BCUT2D eigenvalue weighted by molar-refractivity contribution is 5.04. The normalized spacial score (nSPS) is 47.9. The summed E-state index contributed by atoms with van der Waals surface area (Å²) in [5.74, 6) is 2.87.